The minimum Gasteiger partial charge on any atom is -0.446 e. The summed E-state index contributed by atoms with van der Waals surface area (Å²) in [7, 11) is 0. The van der Waals surface area contributed by atoms with Gasteiger partial charge in [-0.1, -0.05) is 32.0 Å². The number of carbonyl (C=O) groups is 2. The van der Waals surface area contributed by atoms with Crippen LogP contribution in [0.1, 0.15) is 36.7 Å². The van der Waals surface area contributed by atoms with E-state index in [1.807, 2.05) is 25.1 Å². The van der Waals surface area contributed by atoms with Crippen molar-refractivity contribution in [3.8, 4) is 6.07 Å². The molecular formula is C16H20N2O3. The molecule has 0 aliphatic rings. The summed E-state index contributed by atoms with van der Waals surface area (Å²) in [5.41, 5.74) is 1.35. The van der Waals surface area contributed by atoms with Crippen molar-refractivity contribution in [2.45, 2.75) is 39.8 Å². The van der Waals surface area contributed by atoms with Crippen molar-refractivity contribution in [1.82, 2.24) is 5.32 Å². The minimum absolute atomic E-state index is 0.142. The molecule has 5 heteroatoms. The highest BCUT2D eigenvalue weighted by atomic mass is 16.5. The van der Waals surface area contributed by atoms with Crippen LogP contribution in [0.4, 0.5) is 0 Å². The van der Waals surface area contributed by atoms with Crippen molar-refractivity contribution >= 4 is 11.9 Å². The summed E-state index contributed by atoms with van der Waals surface area (Å²) in [4.78, 5) is 24.3. The third kappa shape index (κ3) is 4.60. The first-order chi connectivity index (χ1) is 9.86. The lowest BCUT2D eigenvalue weighted by Gasteiger charge is -2.21. The van der Waals surface area contributed by atoms with Gasteiger partial charge in [0.25, 0.3) is 5.91 Å². The fourth-order valence-electron chi connectivity index (χ4n) is 1.82. The van der Waals surface area contributed by atoms with Crippen LogP contribution in [0.2, 0.25) is 0 Å². The van der Waals surface area contributed by atoms with Crippen molar-refractivity contribution < 1.29 is 14.3 Å². The number of carbonyl (C=O) groups excluding carboxylic acids is 2. The zero-order valence-corrected chi connectivity index (χ0v) is 12.7. The number of esters is 1. The third-order valence-electron chi connectivity index (χ3n) is 3.07. The molecule has 0 spiro atoms. The number of amides is 1. The van der Waals surface area contributed by atoms with Gasteiger partial charge in [-0.25, -0.2) is 4.79 Å². The Balaban J connectivity index is 2.85. The van der Waals surface area contributed by atoms with Crippen LogP contribution in [0.15, 0.2) is 24.3 Å². The molecule has 0 bridgehead atoms. The zero-order valence-electron chi connectivity index (χ0n) is 12.7. The second-order valence-corrected chi connectivity index (χ2v) is 5.22. The summed E-state index contributed by atoms with van der Waals surface area (Å²) in [5.74, 6) is -1.06. The molecule has 1 rings (SSSR count). The lowest BCUT2D eigenvalue weighted by molar-refractivity contribution is -0.149. The topological polar surface area (TPSA) is 79.2 Å². The number of benzene rings is 1. The molecule has 0 saturated carbocycles. The quantitative estimate of drug-likeness (QED) is 0.842. The first kappa shape index (κ1) is 16.7. The highest BCUT2D eigenvalue weighted by Gasteiger charge is 2.27. The molecule has 1 aromatic carbocycles. The third-order valence-corrected chi connectivity index (χ3v) is 3.07. The van der Waals surface area contributed by atoms with E-state index in [1.165, 1.54) is 6.92 Å². The number of rotatable bonds is 5. The van der Waals surface area contributed by atoms with Gasteiger partial charge in [0.05, 0.1) is 0 Å². The molecule has 0 aliphatic carbocycles. The Kier molecular flexibility index (Phi) is 5.92. The molecule has 0 aromatic heterocycles. The van der Waals surface area contributed by atoms with Crippen LogP contribution in [0.5, 0.6) is 0 Å². The van der Waals surface area contributed by atoms with Crippen molar-refractivity contribution in [1.29, 1.82) is 5.26 Å². The van der Waals surface area contributed by atoms with Gasteiger partial charge in [0, 0.05) is 5.56 Å². The highest BCUT2D eigenvalue weighted by molar-refractivity contribution is 5.98. The lowest BCUT2D eigenvalue weighted by Crippen LogP contribution is -2.46. The van der Waals surface area contributed by atoms with Crippen molar-refractivity contribution in [3.63, 3.8) is 0 Å². The molecule has 21 heavy (non-hydrogen) atoms. The number of hydrogen-bond acceptors (Lipinski definition) is 4. The van der Waals surface area contributed by atoms with Gasteiger partial charge in [-0.2, -0.15) is 5.26 Å². The van der Waals surface area contributed by atoms with E-state index in [-0.39, 0.29) is 11.8 Å². The summed E-state index contributed by atoms with van der Waals surface area (Å²) >= 11 is 0. The van der Waals surface area contributed by atoms with Crippen LogP contribution in [0, 0.1) is 24.2 Å². The predicted octanol–water partition coefficient (Wildman–Crippen LogP) is 2.20. The van der Waals surface area contributed by atoms with Gasteiger partial charge in [0.2, 0.25) is 0 Å². The molecule has 0 saturated heterocycles. The van der Waals surface area contributed by atoms with E-state index in [0.717, 1.165) is 5.56 Å². The molecule has 0 unspecified atom stereocenters. The number of nitriles is 1. The van der Waals surface area contributed by atoms with E-state index in [9.17, 15) is 9.59 Å². The highest BCUT2D eigenvalue weighted by Crippen LogP contribution is 2.10. The maximum Gasteiger partial charge on any atom is 0.330 e. The number of ether oxygens (including phenoxy) is 1. The average Bonchev–Trinajstić information content (AvgIpc) is 2.44. The molecule has 112 valence electrons. The van der Waals surface area contributed by atoms with Crippen LogP contribution >= 0.6 is 0 Å². The molecule has 2 atom stereocenters. The largest absolute Gasteiger partial charge is 0.446 e. The predicted molar refractivity (Wildman–Crippen MR) is 78.4 cm³/mol. The number of hydrogen-bond donors (Lipinski definition) is 1. The van der Waals surface area contributed by atoms with Gasteiger partial charge in [0.1, 0.15) is 12.1 Å². The summed E-state index contributed by atoms with van der Waals surface area (Å²) in [5, 5.41) is 11.4. The summed E-state index contributed by atoms with van der Waals surface area (Å²) in [6.07, 6.45) is -0.839. The molecule has 0 fully saturated rings. The van der Waals surface area contributed by atoms with E-state index in [2.05, 4.69) is 5.32 Å². The van der Waals surface area contributed by atoms with E-state index in [4.69, 9.17) is 10.00 Å². The molecular weight excluding hydrogens is 268 g/mol. The first-order valence-electron chi connectivity index (χ1n) is 6.83. The maximum atomic E-state index is 12.3. The standard InChI is InChI=1S/C16H20N2O3/c1-10(2)14(16(20)21-12(4)9-17)18-15(19)13-8-6-5-7-11(13)3/h5-8,10,12,14H,1-4H3,(H,18,19)/t12-,14+/m1/s1. The molecule has 1 aromatic rings. The Labute approximate surface area is 124 Å². The second kappa shape index (κ2) is 7.44. The summed E-state index contributed by atoms with van der Waals surface area (Å²) < 4.78 is 4.98. The van der Waals surface area contributed by atoms with Crippen molar-refractivity contribution in [2.24, 2.45) is 5.92 Å². The van der Waals surface area contributed by atoms with Gasteiger partial charge >= 0.3 is 5.97 Å². The fourth-order valence-corrected chi connectivity index (χ4v) is 1.82. The number of nitrogens with one attached hydrogen (secondary N) is 1. The molecule has 0 radical (unpaired) electrons. The zero-order chi connectivity index (χ0) is 16.0. The van der Waals surface area contributed by atoms with Crippen LogP contribution < -0.4 is 5.32 Å². The van der Waals surface area contributed by atoms with Gasteiger partial charge in [-0.15, -0.1) is 0 Å². The number of aryl methyl sites for hydroxylation is 1. The van der Waals surface area contributed by atoms with E-state index >= 15 is 0 Å². The first-order valence-corrected chi connectivity index (χ1v) is 6.83. The van der Waals surface area contributed by atoms with Crippen LogP contribution in [-0.2, 0) is 9.53 Å². The van der Waals surface area contributed by atoms with Crippen molar-refractivity contribution in [2.75, 3.05) is 0 Å². The van der Waals surface area contributed by atoms with Gasteiger partial charge in [-0.3, -0.25) is 4.79 Å². The monoisotopic (exact) mass is 288 g/mol. The summed E-state index contributed by atoms with van der Waals surface area (Å²) in [6.45, 7) is 6.93. The second-order valence-electron chi connectivity index (χ2n) is 5.22. The smallest absolute Gasteiger partial charge is 0.330 e. The minimum atomic E-state index is -0.839. The molecule has 5 nitrogen and oxygen atoms in total. The summed E-state index contributed by atoms with van der Waals surface area (Å²) in [6, 6.07) is 8.18. The van der Waals surface area contributed by atoms with Crippen LogP contribution in [-0.4, -0.2) is 24.0 Å². The van der Waals surface area contributed by atoms with E-state index in [1.54, 1.807) is 26.0 Å². The van der Waals surface area contributed by atoms with Crippen LogP contribution in [0.25, 0.3) is 0 Å². The Morgan fingerprint density at radius 2 is 1.86 bits per heavy atom. The Hall–Kier alpha value is -2.35. The average molecular weight is 288 g/mol. The Morgan fingerprint density at radius 3 is 2.38 bits per heavy atom. The van der Waals surface area contributed by atoms with Crippen molar-refractivity contribution in [3.05, 3.63) is 35.4 Å². The molecule has 0 aliphatic heterocycles. The SMILES string of the molecule is Cc1ccccc1C(=O)N[C@H](C(=O)O[C@H](C)C#N)C(C)C. The normalized spacial score (nSPS) is 13.1. The Morgan fingerprint density at radius 1 is 1.24 bits per heavy atom. The Bertz CT molecular complexity index is 561. The number of nitrogens with zero attached hydrogens (tertiary/aromatic N) is 1. The van der Waals surface area contributed by atoms with E-state index < -0.39 is 18.1 Å². The van der Waals surface area contributed by atoms with Gasteiger partial charge < -0.3 is 10.1 Å². The molecule has 0 heterocycles. The van der Waals surface area contributed by atoms with Crippen LogP contribution in [0.3, 0.4) is 0 Å². The lowest BCUT2D eigenvalue weighted by atomic mass is 10.0. The van der Waals surface area contributed by atoms with E-state index in [0.29, 0.717) is 5.56 Å². The maximum absolute atomic E-state index is 12.3. The fraction of sp³-hybridized carbons (Fsp3) is 0.438. The van der Waals surface area contributed by atoms with Gasteiger partial charge in [0.15, 0.2) is 6.10 Å². The molecule has 1 amide bonds. The molecule has 1 N–H and O–H groups in total. The van der Waals surface area contributed by atoms with Gasteiger partial charge in [-0.05, 0) is 31.4 Å².